The van der Waals surface area contributed by atoms with Crippen LogP contribution < -0.4 is 5.73 Å². The summed E-state index contributed by atoms with van der Waals surface area (Å²) in [6.07, 6.45) is 1.22. The summed E-state index contributed by atoms with van der Waals surface area (Å²) in [5, 5.41) is 0.584. The van der Waals surface area contributed by atoms with Crippen molar-refractivity contribution in [3.63, 3.8) is 0 Å². The average molecular weight is 224 g/mol. The molecule has 2 N–H and O–H groups in total. The first-order valence-corrected chi connectivity index (χ1v) is 4.58. The van der Waals surface area contributed by atoms with Gasteiger partial charge in [0.05, 0.1) is 0 Å². The van der Waals surface area contributed by atoms with E-state index in [0.29, 0.717) is 10.6 Å². The minimum atomic E-state index is -0.611. The Balaban J connectivity index is 2.54. The van der Waals surface area contributed by atoms with Gasteiger partial charge in [0.25, 0.3) is 0 Å². The van der Waals surface area contributed by atoms with E-state index in [9.17, 15) is 4.39 Å². The van der Waals surface area contributed by atoms with E-state index >= 15 is 0 Å². The zero-order chi connectivity index (χ0) is 10.8. The number of hydrogen-bond acceptors (Lipinski definition) is 3. The molecule has 0 unspecified atom stereocenters. The van der Waals surface area contributed by atoms with Crippen LogP contribution in [0.25, 0.3) is 11.3 Å². The van der Waals surface area contributed by atoms with Crippen molar-refractivity contribution in [3.8, 4) is 11.3 Å². The molecule has 0 atom stereocenters. The second kappa shape index (κ2) is 3.82. The molecule has 0 saturated carbocycles. The summed E-state index contributed by atoms with van der Waals surface area (Å²) in [6, 6.07) is 6.67. The lowest BCUT2D eigenvalue weighted by Crippen LogP contribution is -1.99. The van der Waals surface area contributed by atoms with E-state index in [1.54, 1.807) is 24.3 Å². The third kappa shape index (κ3) is 1.89. The van der Waals surface area contributed by atoms with Crippen LogP contribution in [0.4, 0.5) is 10.2 Å². The number of anilines is 1. The number of halogens is 2. The fraction of sp³-hybridized carbons (Fsp3) is 0. The Morgan fingerprint density at radius 2 is 1.80 bits per heavy atom. The van der Waals surface area contributed by atoms with Gasteiger partial charge in [-0.15, -0.1) is 0 Å². The minimum Gasteiger partial charge on any atom is -0.381 e. The molecule has 15 heavy (non-hydrogen) atoms. The summed E-state index contributed by atoms with van der Waals surface area (Å²) >= 11 is 5.72. The van der Waals surface area contributed by atoms with Gasteiger partial charge in [0.1, 0.15) is 12.0 Å². The smallest absolute Gasteiger partial charge is 0.191 e. The zero-order valence-electron chi connectivity index (χ0n) is 7.61. The summed E-state index contributed by atoms with van der Waals surface area (Å²) in [6.45, 7) is 0. The highest BCUT2D eigenvalue weighted by Gasteiger charge is 2.09. The molecule has 0 amide bonds. The highest BCUT2D eigenvalue weighted by Crippen LogP contribution is 2.23. The largest absolute Gasteiger partial charge is 0.381 e. The Hall–Kier alpha value is -1.68. The molecule has 1 heterocycles. The number of hydrogen-bond donors (Lipinski definition) is 1. The molecular formula is C10H7ClFN3. The van der Waals surface area contributed by atoms with Gasteiger partial charge in [0.2, 0.25) is 0 Å². The Morgan fingerprint density at radius 3 is 2.47 bits per heavy atom. The van der Waals surface area contributed by atoms with E-state index in [4.69, 9.17) is 17.3 Å². The molecule has 0 bridgehead atoms. The lowest BCUT2D eigenvalue weighted by Gasteiger charge is -2.03. The molecule has 0 aliphatic rings. The van der Waals surface area contributed by atoms with Crippen molar-refractivity contribution in [3.05, 3.63) is 41.4 Å². The number of benzene rings is 1. The molecule has 5 heteroatoms. The highest BCUT2D eigenvalue weighted by atomic mass is 35.5. The molecule has 3 nitrogen and oxygen atoms in total. The number of nitrogens with two attached hydrogens (primary N) is 1. The quantitative estimate of drug-likeness (QED) is 0.808. The van der Waals surface area contributed by atoms with E-state index in [1.807, 2.05) is 0 Å². The SMILES string of the molecule is Nc1ncnc(-c2ccc(Cl)cc2)c1F. The first-order chi connectivity index (χ1) is 7.18. The summed E-state index contributed by atoms with van der Waals surface area (Å²) in [5.74, 6) is -0.769. The molecule has 0 fully saturated rings. The molecular weight excluding hydrogens is 217 g/mol. The Labute approximate surface area is 90.7 Å². The van der Waals surface area contributed by atoms with Gasteiger partial charge < -0.3 is 5.73 Å². The molecule has 1 aromatic carbocycles. The summed E-state index contributed by atoms with van der Waals surface area (Å²) < 4.78 is 13.5. The molecule has 2 rings (SSSR count). The molecule has 1 aromatic heterocycles. The van der Waals surface area contributed by atoms with Crippen molar-refractivity contribution in [2.75, 3.05) is 5.73 Å². The van der Waals surface area contributed by atoms with E-state index in [0.717, 1.165) is 0 Å². The van der Waals surface area contributed by atoms with Gasteiger partial charge in [0, 0.05) is 10.6 Å². The van der Waals surface area contributed by atoms with Gasteiger partial charge in [0.15, 0.2) is 11.6 Å². The van der Waals surface area contributed by atoms with Gasteiger partial charge in [-0.1, -0.05) is 23.7 Å². The first-order valence-electron chi connectivity index (χ1n) is 4.20. The summed E-state index contributed by atoms with van der Waals surface area (Å²) in [4.78, 5) is 7.38. The van der Waals surface area contributed by atoms with Crippen LogP contribution in [0.5, 0.6) is 0 Å². The molecule has 0 radical (unpaired) electrons. The average Bonchev–Trinajstić information content (AvgIpc) is 2.24. The fourth-order valence-electron chi connectivity index (χ4n) is 1.19. The topological polar surface area (TPSA) is 51.8 Å². The van der Waals surface area contributed by atoms with Crippen LogP contribution in [0.1, 0.15) is 0 Å². The van der Waals surface area contributed by atoms with Gasteiger partial charge in [-0.2, -0.15) is 0 Å². The van der Waals surface area contributed by atoms with Gasteiger partial charge in [-0.25, -0.2) is 14.4 Å². The standard InChI is InChI=1S/C10H7ClFN3/c11-7-3-1-6(2-4-7)9-8(12)10(13)15-5-14-9/h1-5H,(H2,13,14,15). The number of nitrogens with zero attached hydrogens (tertiary/aromatic N) is 2. The van der Waals surface area contributed by atoms with E-state index in [2.05, 4.69) is 9.97 Å². The van der Waals surface area contributed by atoms with Crippen molar-refractivity contribution in [2.24, 2.45) is 0 Å². The third-order valence-corrected chi connectivity index (χ3v) is 2.19. The maximum atomic E-state index is 13.5. The first kappa shape index (κ1) is 9.86. The van der Waals surface area contributed by atoms with Crippen molar-refractivity contribution in [1.82, 2.24) is 9.97 Å². The minimum absolute atomic E-state index is 0.157. The molecule has 0 aliphatic carbocycles. The van der Waals surface area contributed by atoms with E-state index < -0.39 is 5.82 Å². The van der Waals surface area contributed by atoms with Crippen LogP contribution in [0, 0.1) is 5.82 Å². The normalized spacial score (nSPS) is 10.3. The second-order valence-electron chi connectivity index (χ2n) is 2.93. The lowest BCUT2D eigenvalue weighted by atomic mass is 10.1. The maximum absolute atomic E-state index is 13.5. The molecule has 0 saturated heterocycles. The Bertz CT molecular complexity index is 485. The second-order valence-corrected chi connectivity index (χ2v) is 3.36. The molecule has 2 aromatic rings. The Kier molecular flexibility index (Phi) is 2.51. The van der Waals surface area contributed by atoms with Crippen LogP contribution in [0.2, 0.25) is 5.02 Å². The van der Waals surface area contributed by atoms with E-state index in [-0.39, 0.29) is 11.5 Å². The van der Waals surface area contributed by atoms with Crippen molar-refractivity contribution < 1.29 is 4.39 Å². The molecule has 0 spiro atoms. The van der Waals surface area contributed by atoms with Crippen LogP contribution in [-0.2, 0) is 0 Å². The predicted molar refractivity (Wildman–Crippen MR) is 56.8 cm³/mol. The lowest BCUT2D eigenvalue weighted by molar-refractivity contribution is 0.624. The van der Waals surface area contributed by atoms with Crippen molar-refractivity contribution in [2.45, 2.75) is 0 Å². The monoisotopic (exact) mass is 223 g/mol. The molecule has 0 aliphatic heterocycles. The van der Waals surface area contributed by atoms with Crippen molar-refractivity contribution in [1.29, 1.82) is 0 Å². The highest BCUT2D eigenvalue weighted by molar-refractivity contribution is 6.30. The maximum Gasteiger partial charge on any atom is 0.191 e. The van der Waals surface area contributed by atoms with Crippen LogP contribution in [0.3, 0.4) is 0 Å². The van der Waals surface area contributed by atoms with E-state index in [1.165, 1.54) is 6.33 Å². The van der Waals surface area contributed by atoms with Crippen LogP contribution >= 0.6 is 11.6 Å². The van der Waals surface area contributed by atoms with Gasteiger partial charge >= 0.3 is 0 Å². The summed E-state index contributed by atoms with van der Waals surface area (Å²) in [7, 11) is 0. The van der Waals surface area contributed by atoms with Gasteiger partial charge in [-0.3, -0.25) is 0 Å². The van der Waals surface area contributed by atoms with Crippen LogP contribution in [-0.4, -0.2) is 9.97 Å². The van der Waals surface area contributed by atoms with Crippen LogP contribution in [0.15, 0.2) is 30.6 Å². The fourth-order valence-corrected chi connectivity index (χ4v) is 1.32. The zero-order valence-corrected chi connectivity index (χ0v) is 8.37. The third-order valence-electron chi connectivity index (χ3n) is 1.93. The number of aromatic nitrogens is 2. The van der Waals surface area contributed by atoms with Gasteiger partial charge in [-0.05, 0) is 12.1 Å². The predicted octanol–water partition coefficient (Wildman–Crippen LogP) is 2.52. The number of nitrogen functional groups attached to an aromatic ring is 1. The number of rotatable bonds is 1. The Morgan fingerprint density at radius 1 is 1.13 bits per heavy atom. The van der Waals surface area contributed by atoms with Crippen molar-refractivity contribution >= 4 is 17.4 Å². The summed E-state index contributed by atoms with van der Waals surface area (Å²) in [5.41, 5.74) is 6.13. The molecule has 76 valence electrons.